The van der Waals surface area contributed by atoms with Crippen LogP contribution in [0.2, 0.25) is 0 Å². The monoisotopic (exact) mass is 353 g/mol. The van der Waals surface area contributed by atoms with Crippen molar-refractivity contribution in [1.82, 2.24) is 4.90 Å². The molecule has 136 valence electrons. The molecule has 1 amide bonds. The minimum atomic E-state index is -0.185. The minimum Gasteiger partial charge on any atom is -0.497 e. The Morgan fingerprint density at radius 2 is 1.77 bits per heavy atom. The molecule has 0 saturated carbocycles. The van der Waals surface area contributed by atoms with E-state index in [4.69, 9.17) is 14.2 Å². The van der Waals surface area contributed by atoms with Crippen molar-refractivity contribution >= 4 is 11.7 Å². The van der Waals surface area contributed by atoms with E-state index in [0.717, 1.165) is 11.1 Å². The first-order valence-corrected chi connectivity index (χ1v) is 8.72. The Morgan fingerprint density at radius 3 is 2.42 bits per heavy atom. The third-order valence-corrected chi connectivity index (χ3v) is 4.42. The highest BCUT2D eigenvalue weighted by molar-refractivity contribution is 5.99. The standard InChI is InChI=1S/C21H23NO4/c1-5-22(6-2)21(23)20-19(16-10-8-7-9-14(16)3)26-18-13-15(24-4)11-12-17(18)25-20/h7-13H,5-6H2,1-4H3. The Kier molecular flexibility index (Phi) is 5.16. The maximum absolute atomic E-state index is 13.0. The lowest BCUT2D eigenvalue weighted by Gasteiger charge is -2.27. The molecule has 2 aromatic rings. The molecular weight excluding hydrogens is 330 g/mol. The van der Waals surface area contributed by atoms with E-state index in [9.17, 15) is 4.79 Å². The maximum atomic E-state index is 13.0. The molecule has 5 nitrogen and oxygen atoms in total. The number of benzene rings is 2. The van der Waals surface area contributed by atoms with Crippen molar-refractivity contribution < 1.29 is 19.0 Å². The third kappa shape index (κ3) is 3.25. The molecule has 0 spiro atoms. The van der Waals surface area contributed by atoms with Crippen molar-refractivity contribution in [3.8, 4) is 17.2 Å². The Bertz CT molecular complexity index is 853. The summed E-state index contributed by atoms with van der Waals surface area (Å²) in [6, 6.07) is 13.1. The molecule has 0 unspecified atom stereocenters. The maximum Gasteiger partial charge on any atom is 0.293 e. The lowest BCUT2D eigenvalue weighted by molar-refractivity contribution is -0.129. The molecule has 1 heterocycles. The van der Waals surface area contributed by atoms with Crippen molar-refractivity contribution in [2.75, 3.05) is 20.2 Å². The summed E-state index contributed by atoms with van der Waals surface area (Å²) in [5.41, 5.74) is 1.83. The molecule has 0 bridgehead atoms. The van der Waals surface area contributed by atoms with E-state index < -0.39 is 0 Å². The molecule has 1 aliphatic heterocycles. The van der Waals surface area contributed by atoms with Gasteiger partial charge in [0.25, 0.3) is 5.91 Å². The second-order valence-electron chi connectivity index (χ2n) is 5.97. The number of hydrogen-bond acceptors (Lipinski definition) is 4. The SMILES string of the molecule is CCN(CC)C(=O)C1=C(c2ccccc2C)Oc2cc(OC)ccc2O1. The van der Waals surface area contributed by atoms with E-state index >= 15 is 0 Å². The molecular formula is C21H23NO4. The van der Waals surface area contributed by atoms with Gasteiger partial charge < -0.3 is 19.1 Å². The molecule has 0 radical (unpaired) electrons. The first-order valence-electron chi connectivity index (χ1n) is 8.72. The summed E-state index contributed by atoms with van der Waals surface area (Å²) in [5, 5.41) is 0. The first kappa shape index (κ1) is 17.9. The van der Waals surface area contributed by atoms with Gasteiger partial charge in [-0.15, -0.1) is 0 Å². The topological polar surface area (TPSA) is 48.0 Å². The van der Waals surface area contributed by atoms with Crippen LogP contribution < -0.4 is 14.2 Å². The van der Waals surface area contributed by atoms with E-state index in [1.807, 2.05) is 45.0 Å². The molecule has 3 rings (SSSR count). The number of aryl methyl sites for hydroxylation is 1. The largest absolute Gasteiger partial charge is 0.497 e. The predicted molar refractivity (Wildman–Crippen MR) is 100 cm³/mol. The van der Waals surface area contributed by atoms with Gasteiger partial charge in [0.15, 0.2) is 17.3 Å². The fraction of sp³-hybridized carbons (Fsp3) is 0.286. The Balaban J connectivity index is 2.13. The zero-order valence-electron chi connectivity index (χ0n) is 15.5. The van der Waals surface area contributed by atoms with Gasteiger partial charge in [-0.1, -0.05) is 24.3 Å². The molecule has 5 heteroatoms. The van der Waals surface area contributed by atoms with Gasteiger partial charge in [-0.25, -0.2) is 0 Å². The van der Waals surface area contributed by atoms with Gasteiger partial charge in [-0.3, -0.25) is 4.79 Å². The second kappa shape index (κ2) is 7.52. The summed E-state index contributed by atoms with van der Waals surface area (Å²) in [6.45, 7) is 7.06. The van der Waals surface area contributed by atoms with Gasteiger partial charge in [0.2, 0.25) is 5.76 Å². The van der Waals surface area contributed by atoms with E-state index in [2.05, 4.69) is 0 Å². The normalized spacial score (nSPS) is 12.8. The summed E-state index contributed by atoms with van der Waals surface area (Å²) in [7, 11) is 1.60. The number of fused-ring (bicyclic) bond motifs is 1. The number of amides is 1. The highest BCUT2D eigenvalue weighted by Crippen LogP contribution is 2.41. The van der Waals surface area contributed by atoms with Crippen LogP contribution in [-0.4, -0.2) is 31.0 Å². The van der Waals surface area contributed by atoms with Crippen LogP contribution in [-0.2, 0) is 4.79 Å². The number of rotatable bonds is 5. The summed E-state index contributed by atoms with van der Waals surface area (Å²) in [5.74, 6) is 2.14. The molecule has 0 saturated heterocycles. The van der Waals surface area contributed by atoms with E-state index in [1.165, 1.54) is 0 Å². The van der Waals surface area contributed by atoms with Crippen molar-refractivity contribution in [1.29, 1.82) is 0 Å². The molecule has 0 N–H and O–H groups in total. The lowest BCUT2D eigenvalue weighted by atomic mass is 10.1. The van der Waals surface area contributed by atoms with E-state index in [1.54, 1.807) is 30.2 Å². The fourth-order valence-electron chi connectivity index (χ4n) is 2.89. The van der Waals surface area contributed by atoms with Crippen LogP contribution in [0.4, 0.5) is 0 Å². The fourth-order valence-corrected chi connectivity index (χ4v) is 2.89. The Morgan fingerprint density at radius 1 is 1.04 bits per heavy atom. The summed E-state index contributed by atoms with van der Waals surface area (Å²) in [6.07, 6.45) is 0. The number of methoxy groups -OCH3 is 1. The number of hydrogen-bond donors (Lipinski definition) is 0. The van der Waals surface area contributed by atoms with Crippen LogP contribution >= 0.6 is 0 Å². The van der Waals surface area contributed by atoms with E-state index in [0.29, 0.717) is 36.1 Å². The van der Waals surface area contributed by atoms with Crippen molar-refractivity contribution in [3.63, 3.8) is 0 Å². The molecule has 0 aliphatic carbocycles. The van der Waals surface area contributed by atoms with Crippen LogP contribution in [0.15, 0.2) is 48.2 Å². The summed E-state index contributed by atoms with van der Waals surface area (Å²) in [4.78, 5) is 14.7. The molecule has 1 aliphatic rings. The lowest BCUT2D eigenvalue weighted by Crippen LogP contribution is -2.35. The molecule has 0 fully saturated rings. The molecule has 2 aromatic carbocycles. The Labute approximate surface area is 153 Å². The van der Waals surface area contributed by atoms with Gasteiger partial charge in [0.05, 0.1) is 7.11 Å². The number of ether oxygens (including phenoxy) is 3. The highest BCUT2D eigenvalue weighted by atomic mass is 16.6. The van der Waals surface area contributed by atoms with Crippen LogP contribution in [0, 0.1) is 6.92 Å². The van der Waals surface area contributed by atoms with Crippen molar-refractivity contribution in [2.24, 2.45) is 0 Å². The average molecular weight is 353 g/mol. The van der Waals surface area contributed by atoms with Crippen LogP contribution in [0.1, 0.15) is 25.0 Å². The van der Waals surface area contributed by atoms with Gasteiger partial charge in [0.1, 0.15) is 5.75 Å². The molecule has 0 aromatic heterocycles. The summed E-state index contributed by atoms with van der Waals surface area (Å²) >= 11 is 0. The van der Waals surface area contributed by atoms with Gasteiger partial charge in [-0.05, 0) is 38.5 Å². The number of nitrogens with zero attached hydrogens (tertiary/aromatic N) is 1. The second-order valence-corrected chi connectivity index (χ2v) is 5.97. The van der Waals surface area contributed by atoms with E-state index in [-0.39, 0.29) is 11.7 Å². The zero-order valence-corrected chi connectivity index (χ0v) is 15.5. The quantitative estimate of drug-likeness (QED) is 0.815. The molecule has 26 heavy (non-hydrogen) atoms. The van der Waals surface area contributed by atoms with Gasteiger partial charge >= 0.3 is 0 Å². The van der Waals surface area contributed by atoms with Crippen LogP contribution in [0.5, 0.6) is 17.2 Å². The summed E-state index contributed by atoms with van der Waals surface area (Å²) < 4.78 is 17.4. The highest BCUT2D eigenvalue weighted by Gasteiger charge is 2.31. The Hall–Kier alpha value is -2.95. The molecule has 0 atom stereocenters. The van der Waals surface area contributed by atoms with Crippen LogP contribution in [0.25, 0.3) is 5.76 Å². The number of carbonyl (C=O) groups excluding carboxylic acids is 1. The van der Waals surface area contributed by atoms with Gasteiger partial charge in [0, 0.05) is 24.7 Å². The number of carbonyl (C=O) groups is 1. The first-order chi connectivity index (χ1) is 12.6. The smallest absolute Gasteiger partial charge is 0.293 e. The third-order valence-electron chi connectivity index (χ3n) is 4.42. The predicted octanol–water partition coefficient (Wildman–Crippen LogP) is 4.01. The van der Waals surface area contributed by atoms with Crippen molar-refractivity contribution in [2.45, 2.75) is 20.8 Å². The minimum absolute atomic E-state index is 0.185. The number of likely N-dealkylation sites (N-methyl/N-ethyl adjacent to an activating group) is 1. The van der Waals surface area contributed by atoms with Crippen molar-refractivity contribution in [3.05, 3.63) is 59.4 Å². The van der Waals surface area contributed by atoms with Crippen LogP contribution in [0.3, 0.4) is 0 Å². The van der Waals surface area contributed by atoms with Gasteiger partial charge in [-0.2, -0.15) is 0 Å². The average Bonchev–Trinajstić information content (AvgIpc) is 2.67. The zero-order chi connectivity index (χ0) is 18.7.